The van der Waals surface area contributed by atoms with E-state index in [1.807, 2.05) is 0 Å². The third-order valence-corrected chi connectivity index (χ3v) is 4.81. The smallest absolute Gasteiger partial charge is 0.0251 e. The highest BCUT2D eigenvalue weighted by Crippen LogP contribution is 2.33. The highest BCUT2D eigenvalue weighted by atomic mass is 35.5. The minimum atomic E-state index is 0.667. The summed E-state index contributed by atoms with van der Waals surface area (Å²) in [5, 5.41) is 0. The fourth-order valence-corrected chi connectivity index (χ4v) is 2.44. The molecule has 0 bridgehead atoms. The van der Waals surface area contributed by atoms with Crippen molar-refractivity contribution in [1.29, 1.82) is 0 Å². The van der Waals surface area contributed by atoms with E-state index in [9.17, 15) is 0 Å². The van der Waals surface area contributed by atoms with Crippen LogP contribution in [0.15, 0.2) is 0 Å². The summed E-state index contributed by atoms with van der Waals surface area (Å²) in [7, 11) is 0. The van der Waals surface area contributed by atoms with Crippen LogP contribution in [0.1, 0.15) is 80.1 Å². The van der Waals surface area contributed by atoms with Crippen molar-refractivity contribution in [1.82, 2.24) is 0 Å². The summed E-state index contributed by atoms with van der Waals surface area (Å²) in [5.74, 6) is 1.58. The molecule has 0 aliphatic carbocycles. The molecule has 0 heterocycles. The highest BCUT2D eigenvalue weighted by molar-refractivity contribution is 6.18. The second-order valence-electron chi connectivity index (χ2n) is 4.75. The molecule has 0 amide bonds. The van der Waals surface area contributed by atoms with E-state index in [0.717, 1.165) is 11.8 Å². The third kappa shape index (κ3) is 7.54. The lowest BCUT2D eigenvalue weighted by Crippen LogP contribution is -2.15. The SMILES string of the molecule is CCC(CC)(CC)CC.CCC(CC)CCl. The lowest BCUT2D eigenvalue weighted by molar-refractivity contribution is 0.240. The average Bonchev–Trinajstić information content (AvgIpc) is 2.36. The van der Waals surface area contributed by atoms with Gasteiger partial charge in [0.05, 0.1) is 0 Å². The van der Waals surface area contributed by atoms with Crippen LogP contribution in [0.25, 0.3) is 0 Å². The van der Waals surface area contributed by atoms with Crippen LogP contribution in [0.3, 0.4) is 0 Å². The molecule has 0 fully saturated rings. The van der Waals surface area contributed by atoms with Crippen molar-refractivity contribution < 1.29 is 0 Å². The van der Waals surface area contributed by atoms with Gasteiger partial charge in [-0.1, -0.05) is 80.1 Å². The Kier molecular flexibility index (Phi) is 13.7. The van der Waals surface area contributed by atoms with Crippen molar-refractivity contribution >= 4 is 11.6 Å². The van der Waals surface area contributed by atoms with Crippen LogP contribution in [0.4, 0.5) is 0 Å². The maximum atomic E-state index is 5.57. The van der Waals surface area contributed by atoms with Crippen LogP contribution < -0.4 is 0 Å². The van der Waals surface area contributed by atoms with Crippen molar-refractivity contribution in [2.75, 3.05) is 5.88 Å². The number of rotatable bonds is 7. The summed E-state index contributed by atoms with van der Waals surface area (Å²) >= 11 is 5.57. The predicted octanol–water partition coefficient (Wildman–Crippen LogP) is 6.27. The van der Waals surface area contributed by atoms with E-state index in [0.29, 0.717) is 5.41 Å². The summed E-state index contributed by atoms with van der Waals surface area (Å²) in [6, 6.07) is 0. The van der Waals surface area contributed by atoms with Gasteiger partial charge in [0.1, 0.15) is 0 Å². The van der Waals surface area contributed by atoms with E-state index < -0.39 is 0 Å². The van der Waals surface area contributed by atoms with Crippen molar-refractivity contribution in [2.24, 2.45) is 11.3 Å². The van der Waals surface area contributed by atoms with Gasteiger partial charge in [-0.2, -0.15) is 0 Å². The van der Waals surface area contributed by atoms with E-state index >= 15 is 0 Å². The quantitative estimate of drug-likeness (QED) is 0.466. The molecule has 0 spiro atoms. The lowest BCUT2D eigenvalue weighted by atomic mass is 9.78. The normalized spacial score (nSPS) is 11.2. The Hall–Kier alpha value is 0.290. The molecule has 0 radical (unpaired) electrons. The van der Waals surface area contributed by atoms with Gasteiger partial charge >= 0.3 is 0 Å². The minimum Gasteiger partial charge on any atom is -0.126 e. The molecule has 0 aromatic carbocycles. The number of alkyl halides is 1. The predicted molar refractivity (Wildman–Crippen MR) is 78.4 cm³/mol. The molecular weight excluding hydrogens is 216 g/mol. The van der Waals surface area contributed by atoms with E-state index in [4.69, 9.17) is 11.6 Å². The summed E-state index contributed by atoms with van der Waals surface area (Å²) in [5.41, 5.74) is 0.667. The molecule has 0 saturated heterocycles. The molecule has 0 aromatic rings. The fourth-order valence-electron chi connectivity index (χ4n) is 2.01. The van der Waals surface area contributed by atoms with Gasteiger partial charge in [-0.15, -0.1) is 11.6 Å². The number of hydrogen-bond acceptors (Lipinski definition) is 0. The molecule has 0 aliphatic heterocycles. The van der Waals surface area contributed by atoms with Gasteiger partial charge < -0.3 is 0 Å². The van der Waals surface area contributed by atoms with Crippen LogP contribution in [-0.4, -0.2) is 5.88 Å². The summed E-state index contributed by atoms with van der Waals surface area (Å²) < 4.78 is 0. The molecule has 16 heavy (non-hydrogen) atoms. The molecule has 0 N–H and O–H groups in total. The maximum Gasteiger partial charge on any atom is 0.0251 e. The third-order valence-electron chi connectivity index (χ3n) is 4.37. The molecular formula is C15H33Cl. The topological polar surface area (TPSA) is 0 Å². The monoisotopic (exact) mass is 248 g/mol. The minimum absolute atomic E-state index is 0.667. The van der Waals surface area contributed by atoms with E-state index in [2.05, 4.69) is 41.5 Å². The molecule has 0 aliphatic rings. The van der Waals surface area contributed by atoms with E-state index in [1.165, 1.54) is 38.5 Å². The zero-order valence-corrected chi connectivity index (χ0v) is 13.2. The van der Waals surface area contributed by atoms with Crippen molar-refractivity contribution in [3.05, 3.63) is 0 Å². The number of halogens is 1. The van der Waals surface area contributed by atoms with Gasteiger partial charge in [0, 0.05) is 5.88 Å². The Morgan fingerprint density at radius 3 is 1.06 bits per heavy atom. The van der Waals surface area contributed by atoms with Crippen LogP contribution >= 0.6 is 11.6 Å². The van der Waals surface area contributed by atoms with Crippen LogP contribution in [0.2, 0.25) is 0 Å². The van der Waals surface area contributed by atoms with E-state index in [-0.39, 0.29) is 0 Å². The lowest BCUT2D eigenvalue weighted by Gasteiger charge is -2.28. The Balaban J connectivity index is 0. The van der Waals surface area contributed by atoms with Gasteiger partial charge in [-0.05, 0) is 11.3 Å². The second-order valence-corrected chi connectivity index (χ2v) is 5.06. The Bertz CT molecular complexity index is 100. The van der Waals surface area contributed by atoms with Crippen molar-refractivity contribution in [3.8, 4) is 0 Å². The molecule has 0 atom stereocenters. The molecule has 0 unspecified atom stereocenters. The molecule has 0 nitrogen and oxygen atoms in total. The molecule has 0 aromatic heterocycles. The molecule has 0 saturated carbocycles. The first-order valence-corrected chi connectivity index (χ1v) is 7.68. The zero-order valence-electron chi connectivity index (χ0n) is 12.4. The van der Waals surface area contributed by atoms with Gasteiger partial charge in [-0.25, -0.2) is 0 Å². The van der Waals surface area contributed by atoms with Crippen molar-refractivity contribution in [3.63, 3.8) is 0 Å². The first-order chi connectivity index (χ1) is 7.59. The Morgan fingerprint density at radius 1 is 0.750 bits per heavy atom. The summed E-state index contributed by atoms with van der Waals surface area (Å²) in [6.07, 6.45) is 7.82. The summed E-state index contributed by atoms with van der Waals surface area (Å²) in [4.78, 5) is 0. The Morgan fingerprint density at radius 2 is 1.06 bits per heavy atom. The zero-order chi connectivity index (χ0) is 13.0. The molecule has 100 valence electrons. The van der Waals surface area contributed by atoms with Gasteiger partial charge in [-0.3, -0.25) is 0 Å². The highest BCUT2D eigenvalue weighted by Gasteiger charge is 2.20. The summed E-state index contributed by atoms with van der Waals surface area (Å²) in [6.45, 7) is 13.6. The van der Waals surface area contributed by atoms with Gasteiger partial charge in [0.25, 0.3) is 0 Å². The van der Waals surface area contributed by atoms with E-state index in [1.54, 1.807) is 0 Å². The molecule has 1 heteroatoms. The van der Waals surface area contributed by atoms with Gasteiger partial charge in [0.15, 0.2) is 0 Å². The van der Waals surface area contributed by atoms with Gasteiger partial charge in [0.2, 0.25) is 0 Å². The first-order valence-electron chi connectivity index (χ1n) is 7.15. The van der Waals surface area contributed by atoms with Crippen LogP contribution in [0.5, 0.6) is 0 Å². The average molecular weight is 249 g/mol. The second kappa shape index (κ2) is 11.8. The standard InChI is InChI=1S/C9H20.C6H13Cl/c1-5-9(6-2,7-3)8-4;1-3-6(4-2)5-7/h5-8H2,1-4H3;6H,3-5H2,1-2H3. The fraction of sp³-hybridized carbons (Fsp3) is 1.00. The maximum absolute atomic E-state index is 5.57. The Labute approximate surface area is 109 Å². The number of hydrogen-bond donors (Lipinski definition) is 0. The molecule has 0 rings (SSSR count). The van der Waals surface area contributed by atoms with Crippen molar-refractivity contribution in [2.45, 2.75) is 80.1 Å². The largest absolute Gasteiger partial charge is 0.126 e. The first kappa shape index (κ1) is 18.6. The van der Waals surface area contributed by atoms with Crippen LogP contribution in [-0.2, 0) is 0 Å². The van der Waals surface area contributed by atoms with Crippen LogP contribution in [0, 0.1) is 11.3 Å².